The van der Waals surface area contributed by atoms with E-state index in [0.29, 0.717) is 0 Å². The van der Waals surface area contributed by atoms with Gasteiger partial charge in [0.25, 0.3) is 0 Å². The summed E-state index contributed by atoms with van der Waals surface area (Å²) >= 11 is 0. The molecule has 0 fully saturated rings. The van der Waals surface area contributed by atoms with Crippen molar-refractivity contribution in [3.8, 4) is 0 Å². The van der Waals surface area contributed by atoms with Crippen LogP contribution in [-0.4, -0.2) is 36.3 Å². The largest absolute Gasteiger partial charge is 0.335 e. The second-order valence-corrected chi connectivity index (χ2v) is 7.08. The highest BCUT2D eigenvalue weighted by molar-refractivity contribution is 5.95. The number of anilines is 1. The van der Waals surface area contributed by atoms with E-state index >= 15 is 0 Å². The summed E-state index contributed by atoms with van der Waals surface area (Å²) in [6.45, 7) is 7.92. The van der Waals surface area contributed by atoms with Gasteiger partial charge in [0.05, 0.1) is 12.6 Å². The summed E-state index contributed by atoms with van der Waals surface area (Å²) in [5, 5.41) is 6.14. The Hall–Kier alpha value is -2.66. The Morgan fingerprint density at radius 3 is 2.26 bits per heavy atom. The Bertz CT molecular complexity index is 786. The van der Waals surface area contributed by atoms with Gasteiger partial charge < -0.3 is 10.2 Å². The molecule has 2 aromatic rings. The molecule has 0 bridgehead atoms. The van der Waals surface area contributed by atoms with Gasteiger partial charge in [-0.25, -0.2) is 0 Å². The first-order valence-electron chi connectivity index (χ1n) is 9.21. The second kappa shape index (κ2) is 9.33. The molecule has 0 saturated carbocycles. The third-order valence-electron chi connectivity index (χ3n) is 4.62. The van der Waals surface area contributed by atoms with Gasteiger partial charge in [-0.2, -0.15) is 0 Å². The lowest BCUT2D eigenvalue weighted by Crippen LogP contribution is -2.46. The van der Waals surface area contributed by atoms with E-state index in [2.05, 4.69) is 29.7 Å². The lowest BCUT2D eigenvalue weighted by molar-refractivity contribution is -0.135. The van der Waals surface area contributed by atoms with E-state index in [1.54, 1.807) is 7.05 Å². The quantitative estimate of drug-likeness (QED) is 0.788. The van der Waals surface area contributed by atoms with Gasteiger partial charge in [-0.3, -0.25) is 14.9 Å². The minimum Gasteiger partial charge on any atom is -0.335 e. The summed E-state index contributed by atoms with van der Waals surface area (Å²) in [6, 6.07) is 15.3. The van der Waals surface area contributed by atoms with Crippen LogP contribution < -0.4 is 10.6 Å². The first-order chi connectivity index (χ1) is 12.8. The fourth-order valence-electron chi connectivity index (χ4n) is 3.07. The number of carbonyl (C=O) groups excluding carboxylic acids is 2. The molecular formula is C22H29N3O2. The van der Waals surface area contributed by atoms with E-state index in [9.17, 15) is 9.59 Å². The number of benzene rings is 2. The van der Waals surface area contributed by atoms with Crippen LogP contribution in [0.2, 0.25) is 0 Å². The van der Waals surface area contributed by atoms with E-state index in [1.807, 2.05) is 57.2 Å². The minimum absolute atomic E-state index is 0.0114. The Labute approximate surface area is 161 Å². The summed E-state index contributed by atoms with van der Waals surface area (Å²) in [5.41, 5.74) is 4.20. The molecule has 2 amide bonds. The first kappa shape index (κ1) is 20.6. The number of carbonyl (C=O) groups is 2. The van der Waals surface area contributed by atoms with Gasteiger partial charge >= 0.3 is 0 Å². The van der Waals surface area contributed by atoms with E-state index in [4.69, 9.17) is 0 Å². The molecule has 0 aliphatic rings. The van der Waals surface area contributed by atoms with Crippen LogP contribution in [0.1, 0.15) is 36.6 Å². The van der Waals surface area contributed by atoms with Gasteiger partial charge in [0.15, 0.2) is 0 Å². The maximum atomic E-state index is 12.6. The molecule has 0 radical (unpaired) electrons. The summed E-state index contributed by atoms with van der Waals surface area (Å²) < 4.78 is 0. The fourth-order valence-corrected chi connectivity index (χ4v) is 3.07. The number of nitrogens with one attached hydrogen (secondary N) is 2. The van der Waals surface area contributed by atoms with Crippen LogP contribution in [0.3, 0.4) is 0 Å². The van der Waals surface area contributed by atoms with E-state index in [1.165, 1.54) is 10.5 Å². The van der Waals surface area contributed by atoms with Crippen molar-refractivity contribution >= 4 is 17.5 Å². The Balaban J connectivity index is 1.88. The minimum atomic E-state index is -0.392. The molecule has 5 nitrogen and oxygen atoms in total. The van der Waals surface area contributed by atoms with Crippen LogP contribution in [0.5, 0.6) is 0 Å². The highest BCUT2D eigenvalue weighted by atomic mass is 16.2. The van der Waals surface area contributed by atoms with Gasteiger partial charge in [0.2, 0.25) is 11.8 Å². The van der Waals surface area contributed by atoms with Crippen molar-refractivity contribution in [2.24, 2.45) is 0 Å². The van der Waals surface area contributed by atoms with Crippen molar-refractivity contribution in [3.63, 3.8) is 0 Å². The fraction of sp³-hybridized carbons (Fsp3) is 0.364. The van der Waals surface area contributed by atoms with Crippen LogP contribution in [0.4, 0.5) is 5.69 Å². The average molecular weight is 367 g/mol. The van der Waals surface area contributed by atoms with Gasteiger partial charge in [-0.15, -0.1) is 0 Å². The molecule has 2 aromatic carbocycles. The molecule has 0 aliphatic carbocycles. The molecule has 2 atom stereocenters. The maximum Gasteiger partial charge on any atom is 0.243 e. The third-order valence-corrected chi connectivity index (χ3v) is 4.62. The van der Waals surface area contributed by atoms with Crippen molar-refractivity contribution in [2.75, 3.05) is 18.9 Å². The van der Waals surface area contributed by atoms with Crippen LogP contribution in [0.15, 0.2) is 48.5 Å². The van der Waals surface area contributed by atoms with E-state index < -0.39 is 6.04 Å². The van der Waals surface area contributed by atoms with Crippen molar-refractivity contribution in [1.29, 1.82) is 0 Å². The van der Waals surface area contributed by atoms with Crippen molar-refractivity contribution in [3.05, 3.63) is 65.2 Å². The summed E-state index contributed by atoms with van der Waals surface area (Å²) in [4.78, 5) is 26.3. The number of hydrogen-bond acceptors (Lipinski definition) is 3. The van der Waals surface area contributed by atoms with Gasteiger partial charge in [-0.1, -0.05) is 42.0 Å². The highest BCUT2D eigenvalue weighted by Crippen LogP contribution is 2.17. The monoisotopic (exact) mass is 367 g/mol. The summed E-state index contributed by atoms with van der Waals surface area (Å²) in [5.74, 6) is -0.330. The van der Waals surface area contributed by atoms with E-state index in [-0.39, 0.29) is 24.4 Å². The Morgan fingerprint density at radius 1 is 1.00 bits per heavy atom. The molecule has 0 saturated heterocycles. The zero-order chi connectivity index (χ0) is 20.0. The van der Waals surface area contributed by atoms with E-state index in [0.717, 1.165) is 16.8 Å². The average Bonchev–Trinajstić information content (AvgIpc) is 2.63. The van der Waals surface area contributed by atoms with Crippen LogP contribution >= 0.6 is 0 Å². The molecule has 0 heterocycles. The molecule has 144 valence electrons. The number of hydrogen-bond donors (Lipinski definition) is 2. The summed E-state index contributed by atoms with van der Waals surface area (Å²) in [6.07, 6.45) is 0. The van der Waals surface area contributed by atoms with Crippen molar-refractivity contribution in [2.45, 2.75) is 39.8 Å². The zero-order valence-corrected chi connectivity index (χ0v) is 16.7. The zero-order valence-electron chi connectivity index (χ0n) is 16.7. The molecule has 0 spiro atoms. The lowest BCUT2D eigenvalue weighted by Gasteiger charge is -2.25. The SMILES string of the molecule is Cc1ccc(NC(=O)CN(C)C(=O)[C@@H](C)N[C@@H](C)c2ccccc2C)cc1. The molecule has 0 unspecified atom stereocenters. The van der Waals surface area contributed by atoms with Gasteiger partial charge in [0, 0.05) is 18.8 Å². The molecule has 2 N–H and O–H groups in total. The number of aryl methyl sites for hydroxylation is 2. The Kier molecular flexibility index (Phi) is 7.13. The molecule has 0 aromatic heterocycles. The Morgan fingerprint density at radius 2 is 1.63 bits per heavy atom. The van der Waals surface area contributed by atoms with Crippen molar-refractivity contribution in [1.82, 2.24) is 10.2 Å². The predicted molar refractivity (Wildman–Crippen MR) is 110 cm³/mol. The topological polar surface area (TPSA) is 61.4 Å². The standard InChI is InChI=1S/C22H29N3O2/c1-15-10-12-19(13-11-15)24-21(26)14-25(5)22(27)18(4)23-17(3)20-9-7-6-8-16(20)2/h6-13,17-18,23H,14H2,1-5H3,(H,24,26)/t17-,18+/m0/s1. The smallest absolute Gasteiger partial charge is 0.243 e. The van der Waals surface area contributed by atoms with Crippen LogP contribution in [-0.2, 0) is 9.59 Å². The third kappa shape index (κ3) is 5.93. The molecular weight excluding hydrogens is 338 g/mol. The molecule has 0 aliphatic heterocycles. The number of nitrogens with zero attached hydrogens (tertiary/aromatic N) is 1. The molecule has 5 heteroatoms. The highest BCUT2D eigenvalue weighted by Gasteiger charge is 2.21. The maximum absolute atomic E-state index is 12.6. The number of likely N-dealkylation sites (N-methyl/N-ethyl adjacent to an activating group) is 1. The second-order valence-electron chi connectivity index (χ2n) is 7.08. The van der Waals surface area contributed by atoms with Crippen molar-refractivity contribution < 1.29 is 9.59 Å². The van der Waals surface area contributed by atoms with Gasteiger partial charge in [0.1, 0.15) is 0 Å². The predicted octanol–water partition coefficient (Wildman–Crippen LogP) is 3.44. The molecule has 2 rings (SSSR count). The van der Waals surface area contributed by atoms with Crippen LogP contribution in [0, 0.1) is 13.8 Å². The molecule has 27 heavy (non-hydrogen) atoms. The van der Waals surface area contributed by atoms with Gasteiger partial charge in [-0.05, 0) is 51.0 Å². The first-order valence-corrected chi connectivity index (χ1v) is 9.21. The number of rotatable bonds is 7. The summed E-state index contributed by atoms with van der Waals surface area (Å²) in [7, 11) is 1.65. The van der Waals surface area contributed by atoms with Crippen LogP contribution in [0.25, 0.3) is 0 Å². The lowest BCUT2D eigenvalue weighted by atomic mass is 10.0. The number of amides is 2. The normalized spacial score (nSPS) is 12.9.